The van der Waals surface area contributed by atoms with Crippen LogP contribution in [0, 0.1) is 0 Å². The minimum Gasteiger partial charge on any atom is -0.477 e. The first-order valence-corrected chi connectivity index (χ1v) is 9.65. The number of thiophene rings is 1. The lowest BCUT2D eigenvalue weighted by molar-refractivity contribution is -0.126. The molecule has 0 saturated carbocycles. The molecular weight excluding hydrogens is 366 g/mol. The number of carbonyl (C=O) groups excluding carboxylic acids is 3. The Morgan fingerprint density at radius 3 is 2.70 bits per heavy atom. The molecule has 3 heterocycles. The summed E-state index contributed by atoms with van der Waals surface area (Å²) in [5, 5.41) is 1.84. The van der Waals surface area contributed by atoms with E-state index in [1.807, 2.05) is 11.4 Å². The number of rotatable bonds is 3. The summed E-state index contributed by atoms with van der Waals surface area (Å²) in [6, 6.07) is 10.1. The zero-order valence-electron chi connectivity index (χ0n) is 14.5. The molecule has 0 unspecified atom stereocenters. The Balaban J connectivity index is 1.63. The summed E-state index contributed by atoms with van der Waals surface area (Å²) >= 11 is 1.36. The quantitative estimate of drug-likeness (QED) is 0.869. The van der Waals surface area contributed by atoms with E-state index in [9.17, 15) is 14.4 Å². The minimum absolute atomic E-state index is 0.0444. The molecule has 2 atom stereocenters. The van der Waals surface area contributed by atoms with E-state index < -0.39 is 18.1 Å². The average molecular weight is 385 g/mol. The van der Waals surface area contributed by atoms with Crippen LogP contribution < -0.4 is 15.4 Å². The van der Waals surface area contributed by atoms with E-state index in [2.05, 4.69) is 0 Å². The number of hydrogen-bond acceptors (Lipinski definition) is 5. The second-order valence-electron chi connectivity index (χ2n) is 6.56. The number of primary amides is 1. The number of carbonyl (C=O) groups is 3. The van der Waals surface area contributed by atoms with Gasteiger partial charge in [0.15, 0.2) is 6.10 Å². The maximum atomic E-state index is 13.3. The molecule has 27 heavy (non-hydrogen) atoms. The number of amides is 3. The van der Waals surface area contributed by atoms with Gasteiger partial charge in [-0.15, -0.1) is 11.3 Å². The van der Waals surface area contributed by atoms with Gasteiger partial charge in [0, 0.05) is 6.54 Å². The van der Waals surface area contributed by atoms with E-state index >= 15 is 0 Å². The Hall–Kier alpha value is -2.87. The van der Waals surface area contributed by atoms with Crippen LogP contribution in [0.2, 0.25) is 0 Å². The van der Waals surface area contributed by atoms with Gasteiger partial charge < -0.3 is 20.3 Å². The maximum absolute atomic E-state index is 13.3. The molecule has 2 aliphatic heterocycles. The summed E-state index contributed by atoms with van der Waals surface area (Å²) in [6.07, 6.45) is 0.446. The van der Waals surface area contributed by atoms with Crippen LogP contribution in [0.4, 0.5) is 5.69 Å². The average Bonchev–Trinajstić information content (AvgIpc) is 3.37. The van der Waals surface area contributed by atoms with Crippen LogP contribution in [-0.4, -0.2) is 47.9 Å². The lowest BCUT2D eigenvalue weighted by atomic mass is 10.1. The fourth-order valence-corrected chi connectivity index (χ4v) is 4.26. The molecule has 4 rings (SSSR count). The number of ether oxygens (including phenoxy) is 1. The van der Waals surface area contributed by atoms with Crippen molar-refractivity contribution < 1.29 is 19.1 Å². The highest BCUT2D eigenvalue weighted by molar-refractivity contribution is 7.12. The lowest BCUT2D eigenvalue weighted by Gasteiger charge is -2.36. The first kappa shape index (κ1) is 17.5. The molecule has 0 spiro atoms. The van der Waals surface area contributed by atoms with Crippen LogP contribution in [-0.2, 0) is 9.59 Å². The zero-order chi connectivity index (χ0) is 19.0. The molecule has 1 saturated heterocycles. The summed E-state index contributed by atoms with van der Waals surface area (Å²) in [4.78, 5) is 41.6. The molecule has 2 N–H and O–H groups in total. The van der Waals surface area contributed by atoms with Gasteiger partial charge in [-0.1, -0.05) is 18.2 Å². The van der Waals surface area contributed by atoms with Crippen molar-refractivity contribution in [3.8, 4) is 5.75 Å². The number of likely N-dealkylation sites (tertiary alicyclic amines) is 1. The van der Waals surface area contributed by atoms with Gasteiger partial charge in [-0.2, -0.15) is 0 Å². The predicted molar refractivity (Wildman–Crippen MR) is 101 cm³/mol. The molecule has 1 aromatic carbocycles. The third kappa shape index (κ3) is 3.16. The predicted octanol–water partition coefficient (Wildman–Crippen LogP) is 1.63. The number of benzene rings is 1. The van der Waals surface area contributed by atoms with Crippen LogP contribution in [0.15, 0.2) is 41.8 Å². The van der Waals surface area contributed by atoms with E-state index in [4.69, 9.17) is 10.5 Å². The largest absolute Gasteiger partial charge is 0.477 e. The number of nitrogens with zero attached hydrogens (tertiary/aromatic N) is 2. The highest BCUT2D eigenvalue weighted by Crippen LogP contribution is 2.35. The van der Waals surface area contributed by atoms with Crippen molar-refractivity contribution in [3.63, 3.8) is 0 Å². The van der Waals surface area contributed by atoms with Crippen molar-refractivity contribution in [1.29, 1.82) is 0 Å². The lowest BCUT2D eigenvalue weighted by Crippen LogP contribution is -2.54. The Morgan fingerprint density at radius 2 is 1.96 bits per heavy atom. The highest BCUT2D eigenvalue weighted by Gasteiger charge is 2.41. The van der Waals surface area contributed by atoms with Crippen molar-refractivity contribution in [3.05, 3.63) is 46.7 Å². The monoisotopic (exact) mass is 385 g/mol. The molecule has 0 radical (unpaired) electrons. The zero-order valence-corrected chi connectivity index (χ0v) is 15.4. The van der Waals surface area contributed by atoms with Crippen LogP contribution in [0.1, 0.15) is 22.5 Å². The van der Waals surface area contributed by atoms with E-state index in [-0.39, 0.29) is 18.4 Å². The van der Waals surface area contributed by atoms with Crippen molar-refractivity contribution in [2.75, 3.05) is 18.0 Å². The van der Waals surface area contributed by atoms with Crippen molar-refractivity contribution in [1.82, 2.24) is 4.90 Å². The van der Waals surface area contributed by atoms with Crippen LogP contribution >= 0.6 is 11.3 Å². The topological polar surface area (TPSA) is 92.9 Å². The number of fused-ring (bicyclic) bond motifs is 1. The Labute approximate surface area is 160 Å². The standard InChI is InChI=1S/C19H19N3O4S/c20-17(23)15-11-22(12-5-1-2-7-14(12)26-15)18(24)13-6-3-9-21(13)19(25)16-8-4-10-27-16/h1-2,4-5,7-8,10,13,15H,3,6,9,11H2,(H2,20,23)/t13-,15+/m0/s1. The Morgan fingerprint density at radius 1 is 1.15 bits per heavy atom. The fourth-order valence-electron chi connectivity index (χ4n) is 3.58. The second-order valence-corrected chi connectivity index (χ2v) is 7.51. The van der Waals surface area contributed by atoms with Gasteiger partial charge in [-0.25, -0.2) is 0 Å². The highest BCUT2D eigenvalue weighted by atomic mass is 32.1. The molecule has 2 aliphatic rings. The Kier molecular flexibility index (Phi) is 4.57. The smallest absolute Gasteiger partial charge is 0.264 e. The van der Waals surface area contributed by atoms with Crippen LogP contribution in [0.5, 0.6) is 5.75 Å². The first-order valence-electron chi connectivity index (χ1n) is 8.77. The van der Waals surface area contributed by atoms with Gasteiger partial charge in [0.05, 0.1) is 17.1 Å². The number of hydrogen-bond donors (Lipinski definition) is 1. The number of anilines is 1. The molecule has 8 heteroatoms. The SMILES string of the molecule is NC(=O)[C@H]1CN(C(=O)[C@@H]2CCCN2C(=O)c2cccs2)c2ccccc2O1. The minimum atomic E-state index is -0.910. The van der Waals surface area contributed by atoms with Crippen molar-refractivity contribution in [2.24, 2.45) is 5.73 Å². The summed E-state index contributed by atoms with van der Waals surface area (Å²) < 4.78 is 5.62. The second kappa shape index (κ2) is 7.03. The molecule has 1 aromatic heterocycles. The summed E-state index contributed by atoms with van der Waals surface area (Å²) in [5.41, 5.74) is 6.01. The van der Waals surface area contributed by atoms with Gasteiger partial charge >= 0.3 is 0 Å². The van der Waals surface area contributed by atoms with E-state index in [0.29, 0.717) is 29.3 Å². The van der Waals surface area contributed by atoms with Gasteiger partial charge in [0.2, 0.25) is 5.91 Å². The van der Waals surface area contributed by atoms with Gasteiger partial charge in [-0.3, -0.25) is 14.4 Å². The first-order chi connectivity index (χ1) is 13.1. The fraction of sp³-hybridized carbons (Fsp3) is 0.316. The van der Waals surface area contributed by atoms with E-state index in [1.54, 1.807) is 35.2 Å². The molecule has 1 fully saturated rings. The van der Waals surface area contributed by atoms with Crippen molar-refractivity contribution in [2.45, 2.75) is 25.0 Å². The molecule has 0 aliphatic carbocycles. The van der Waals surface area contributed by atoms with Gasteiger partial charge in [0.1, 0.15) is 11.8 Å². The summed E-state index contributed by atoms with van der Waals surface area (Å²) in [6.45, 7) is 0.584. The van der Waals surface area contributed by atoms with E-state index in [1.165, 1.54) is 16.2 Å². The van der Waals surface area contributed by atoms with Crippen LogP contribution in [0.3, 0.4) is 0 Å². The third-order valence-electron chi connectivity index (χ3n) is 4.89. The summed E-state index contributed by atoms with van der Waals surface area (Å²) in [5.74, 6) is -0.525. The third-order valence-corrected chi connectivity index (χ3v) is 5.75. The molecule has 3 amide bonds. The molecule has 7 nitrogen and oxygen atoms in total. The maximum Gasteiger partial charge on any atom is 0.264 e. The van der Waals surface area contributed by atoms with E-state index in [0.717, 1.165) is 6.42 Å². The molecule has 0 bridgehead atoms. The van der Waals surface area contributed by atoms with Crippen LogP contribution in [0.25, 0.3) is 0 Å². The number of nitrogens with two attached hydrogens (primary N) is 1. The Bertz CT molecular complexity index is 883. The normalized spacial score (nSPS) is 21.5. The van der Waals surface area contributed by atoms with Gasteiger partial charge in [-0.05, 0) is 36.4 Å². The van der Waals surface area contributed by atoms with Gasteiger partial charge in [0.25, 0.3) is 11.8 Å². The molecular formula is C19H19N3O4S. The molecule has 140 valence electrons. The number of para-hydroxylation sites is 2. The van der Waals surface area contributed by atoms with Crippen molar-refractivity contribution >= 4 is 34.7 Å². The molecule has 2 aromatic rings. The summed E-state index contributed by atoms with van der Waals surface area (Å²) in [7, 11) is 0.